The monoisotopic (exact) mass is 245 g/mol. The van der Waals surface area contributed by atoms with Crippen LogP contribution in [0.1, 0.15) is 23.9 Å². The molecule has 0 atom stereocenters. The fourth-order valence-electron chi connectivity index (χ4n) is 2.06. The van der Waals surface area contributed by atoms with Crippen molar-refractivity contribution in [3.8, 4) is 11.4 Å². The van der Waals surface area contributed by atoms with Crippen LogP contribution in [0.4, 0.5) is 0 Å². The molecule has 0 fully saturated rings. The minimum atomic E-state index is 0.248. The molecule has 96 valence electrons. The van der Waals surface area contributed by atoms with Crippen LogP contribution in [0.3, 0.4) is 0 Å². The van der Waals surface area contributed by atoms with Gasteiger partial charge in [-0.2, -0.15) is 5.10 Å². The van der Waals surface area contributed by atoms with Gasteiger partial charge in [-0.05, 0) is 32.5 Å². The van der Waals surface area contributed by atoms with Gasteiger partial charge in [0.15, 0.2) is 0 Å². The number of hydrogen-bond acceptors (Lipinski definition) is 3. The van der Waals surface area contributed by atoms with Gasteiger partial charge in [-0.25, -0.2) is 4.68 Å². The molecule has 0 unspecified atom stereocenters. The van der Waals surface area contributed by atoms with Crippen LogP contribution in [0.2, 0.25) is 0 Å². The quantitative estimate of drug-likeness (QED) is 0.869. The van der Waals surface area contributed by atoms with Gasteiger partial charge in [-0.15, -0.1) is 0 Å². The van der Waals surface area contributed by atoms with Crippen molar-refractivity contribution in [3.05, 3.63) is 41.2 Å². The molecule has 0 amide bonds. The van der Waals surface area contributed by atoms with E-state index in [-0.39, 0.29) is 5.75 Å². The number of aryl methyl sites for hydroxylation is 1. The van der Waals surface area contributed by atoms with Crippen molar-refractivity contribution in [2.24, 2.45) is 0 Å². The highest BCUT2D eigenvalue weighted by atomic mass is 16.3. The molecular weight excluding hydrogens is 226 g/mol. The van der Waals surface area contributed by atoms with Crippen molar-refractivity contribution < 1.29 is 5.11 Å². The summed E-state index contributed by atoms with van der Waals surface area (Å²) in [6, 6.07) is 7.25. The summed E-state index contributed by atoms with van der Waals surface area (Å²) in [5.74, 6) is 0.248. The summed E-state index contributed by atoms with van der Waals surface area (Å²) in [6.45, 7) is 7.84. The van der Waals surface area contributed by atoms with Crippen LogP contribution in [0.15, 0.2) is 24.3 Å². The average molecular weight is 245 g/mol. The molecule has 0 aliphatic heterocycles. The van der Waals surface area contributed by atoms with E-state index in [1.54, 1.807) is 10.7 Å². The van der Waals surface area contributed by atoms with Crippen molar-refractivity contribution in [1.29, 1.82) is 0 Å². The van der Waals surface area contributed by atoms with Gasteiger partial charge in [0.05, 0.1) is 5.69 Å². The van der Waals surface area contributed by atoms with E-state index in [1.807, 2.05) is 32.0 Å². The molecule has 0 saturated heterocycles. The molecule has 1 aromatic carbocycles. The zero-order valence-electron chi connectivity index (χ0n) is 11.1. The van der Waals surface area contributed by atoms with Crippen molar-refractivity contribution in [2.45, 2.75) is 27.3 Å². The molecule has 0 aliphatic carbocycles. The second-order valence-corrected chi connectivity index (χ2v) is 4.33. The number of benzene rings is 1. The maximum Gasteiger partial charge on any atom is 0.141 e. The van der Waals surface area contributed by atoms with E-state index in [1.165, 1.54) is 5.56 Å². The minimum absolute atomic E-state index is 0.248. The topological polar surface area (TPSA) is 50.1 Å². The van der Waals surface area contributed by atoms with Gasteiger partial charge in [-0.3, -0.25) is 0 Å². The van der Waals surface area contributed by atoms with Gasteiger partial charge in [0.25, 0.3) is 0 Å². The number of phenols is 1. The maximum atomic E-state index is 9.89. The second kappa shape index (κ2) is 5.23. The van der Waals surface area contributed by atoms with Gasteiger partial charge in [0, 0.05) is 17.8 Å². The highest BCUT2D eigenvalue weighted by Crippen LogP contribution is 2.24. The first kappa shape index (κ1) is 12.6. The summed E-state index contributed by atoms with van der Waals surface area (Å²) < 4.78 is 1.80. The summed E-state index contributed by atoms with van der Waals surface area (Å²) in [6.07, 6.45) is 0. The summed E-state index contributed by atoms with van der Waals surface area (Å²) in [4.78, 5) is 0. The van der Waals surface area contributed by atoms with Crippen molar-refractivity contribution in [2.75, 3.05) is 6.54 Å². The molecule has 0 radical (unpaired) electrons. The number of aromatic hydroxyl groups is 1. The van der Waals surface area contributed by atoms with E-state index < -0.39 is 0 Å². The lowest BCUT2D eigenvalue weighted by molar-refractivity contribution is 0.470. The zero-order chi connectivity index (χ0) is 13.1. The molecule has 4 nitrogen and oxygen atoms in total. The normalized spacial score (nSPS) is 10.8. The first-order valence-corrected chi connectivity index (χ1v) is 6.19. The summed E-state index contributed by atoms with van der Waals surface area (Å²) in [5, 5.41) is 17.7. The third kappa shape index (κ3) is 2.24. The van der Waals surface area contributed by atoms with Crippen LogP contribution in [-0.2, 0) is 6.54 Å². The lowest BCUT2D eigenvalue weighted by Gasteiger charge is -2.07. The van der Waals surface area contributed by atoms with Gasteiger partial charge in [0.1, 0.15) is 11.4 Å². The summed E-state index contributed by atoms with van der Waals surface area (Å²) in [5.41, 5.74) is 3.98. The molecule has 4 heteroatoms. The molecule has 0 aliphatic rings. The van der Waals surface area contributed by atoms with Gasteiger partial charge >= 0.3 is 0 Å². The minimum Gasteiger partial charge on any atom is -0.506 e. The van der Waals surface area contributed by atoms with E-state index in [0.29, 0.717) is 0 Å². The number of nitrogens with zero attached hydrogens (tertiary/aromatic N) is 2. The van der Waals surface area contributed by atoms with E-state index in [9.17, 15) is 5.11 Å². The van der Waals surface area contributed by atoms with Crippen molar-refractivity contribution >= 4 is 0 Å². The van der Waals surface area contributed by atoms with Crippen molar-refractivity contribution in [1.82, 2.24) is 15.1 Å². The Morgan fingerprint density at radius 1 is 1.28 bits per heavy atom. The van der Waals surface area contributed by atoms with E-state index in [4.69, 9.17) is 0 Å². The Balaban J connectivity index is 2.44. The predicted octanol–water partition coefficient (Wildman–Crippen LogP) is 2.30. The fraction of sp³-hybridized carbons (Fsp3) is 0.357. The third-order valence-corrected chi connectivity index (χ3v) is 3.10. The standard InChI is InChI=1S/C14H19N3O/c1-4-15-9-12-10(2)16-17(11(12)3)13-7-5-6-8-14(13)18/h5-8,15,18H,4,9H2,1-3H3. The molecule has 0 spiro atoms. The van der Waals surface area contributed by atoms with Crippen LogP contribution < -0.4 is 5.32 Å². The summed E-state index contributed by atoms with van der Waals surface area (Å²) >= 11 is 0. The van der Waals surface area contributed by atoms with Crippen LogP contribution >= 0.6 is 0 Å². The number of nitrogens with one attached hydrogen (secondary N) is 1. The maximum absolute atomic E-state index is 9.89. The van der Waals surface area contributed by atoms with Crippen LogP contribution in [-0.4, -0.2) is 21.4 Å². The van der Waals surface area contributed by atoms with Crippen LogP contribution in [0.5, 0.6) is 5.75 Å². The number of aromatic nitrogens is 2. The molecule has 0 saturated carbocycles. The highest BCUT2D eigenvalue weighted by Gasteiger charge is 2.13. The lowest BCUT2D eigenvalue weighted by atomic mass is 10.2. The van der Waals surface area contributed by atoms with Gasteiger partial charge in [-0.1, -0.05) is 19.1 Å². The van der Waals surface area contributed by atoms with E-state index >= 15 is 0 Å². The molecule has 2 rings (SSSR count). The smallest absolute Gasteiger partial charge is 0.141 e. The Bertz CT molecular complexity index is 546. The van der Waals surface area contributed by atoms with Crippen molar-refractivity contribution in [3.63, 3.8) is 0 Å². The molecule has 1 aromatic heterocycles. The van der Waals surface area contributed by atoms with Gasteiger partial charge < -0.3 is 10.4 Å². The molecular formula is C14H19N3O. The SMILES string of the molecule is CCNCc1c(C)nn(-c2ccccc2O)c1C. The Hall–Kier alpha value is -1.81. The Kier molecular flexibility index (Phi) is 3.67. The van der Waals surface area contributed by atoms with Gasteiger partial charge in [0.2, 0.25) is 0 Å². The molecule has 1 heterocycles. The Morgan fingerprint density at radius 2 is 2.00 bits per heavy atom. The Labute approximate surface area is 107 Å². The average Bonchev–Trinajstić information content (AvgIpc) is 2.63. The first-order valence-electron chi connectivity index (χ1n) is 6.19. The Morgan fingerprint density at radius 3 is 2.67 bits per heavy atom. The number of hydrogen-bond donors (Lipinski definition) is 2. The lowest BCUT2D eigenvalue weighted by Crippen LogP contribution is -2.13. The molecule has 0 bridgehead atoms. The molecule has 18 heavy (non-hydrogen) atoms. The predicted molar refractivity (Wildman–Crippen MR) is 72.1 cm³/mol. The second-order valence-electron chi connectivity index (χ2n) is 4.33. The molecule has 2 N–H and O–H groups in total. The van der Waals surface area contributed by atoms with Crippen LogP contribution in [0, 0.1) is 13.8 Å². The summed E-state index contributed by atoms with van der Waals surface area (Å²) in [7, 11) is 0. The molecule has 2 aromatic rings. The first-order chi connectivity index (χ1) is 8.65. The third-order valence-electron chi connectivity index (χ3n) is 3.10. The largest absolute Gasteiger partial charge is 0.506 e. The fourth-order valence-corrected chi connectivity index (χ4v) is 2.06. The number of rotatable bonds is 4. The van der Waals surface area contributed by atoms with Crippen LogP contribution in [0.25, 0.3) is 5.69 Å². The van der Waals surface area contributed by atoms with E-state index in [0.717, 1.165) is 30.2 Å². The van der Waals surface area contributed by atoms with E-state index in [2.05, 4.69) is 17.3 Å². The number of phenolic OH excluding ortho intramolecular Hbond substituents is 1. The number of para-hydroxylation sites is 2. The highest BCUT2D eigenvalue weighted by molar-refractivity contribution is 5.47. The zero-order valence-corrected chi connectivity index (χ0v) is 11.1.